The molecule has 0 fully saturated rings. The fraction of sp³-hybridized carbons (Fsp3) is 1.00. The summed E-state index contributed by atoms with van der Waals surface area (Å²) in [7, 11) is -3.03. The first-order valence-electron chi connectivity index (χ1n) is 3.00. The van der Waals surface area contributed by atoms with Gasteiger partial charge in [0.2, 0.25) is 0 Å². The maximum Gasteiger partial charge on any atom is 1.00 e. The van der Waals surface area contributed by atoms with E-state index in [0.29, 0.717) is 6.42 Å². The minimum absolute atomic E-state index is 0. The van der Waals surface area contributed by atoms with Crippen molar-refractivity contribution in [2.75, 3.05) is 7.11 Å². The number of hydrogen-bond acceptors (Lipinski definition) is 4. The van der Waals surface area contributed by atoms with E-state index >= 15 is 0 Å². The molecule has 11 heavy (non-hydrogen) atoms. The van der Waals surface area contributed by atoms with Crippen LogP contribution in [0.3, 0.4) is 0 Å². The van der Waals surface area contributed by atoms with Gasteiger partial charge in [0.1, 0.15) is 15.6 Å². The van der Waals surface area contributed by atoms with Crippen molar-refractivity contribution in [3.05, 3.63) is 0 Å². The van der Waals surface area contributed by atoms with E-state index in [2.05, 4.69) is 4.74 Å². The predicted molar refractivity (Wildman–Crippen MR) is 35.4 cm³/mol. The van der Waals surface area contributed by atoms with E-state index in [0.717, 1.165) is 0 Å². The molecule has 0 spiro atoms. The Labute approximate surface area is 89.4 Å². The molecule has 1 atom stereocenters. The van der Waals surface area contributed by atoms with Crippen molar-refractivity contribution in [3.8, 4) is 0 Å². The molecule has 6 heteroatoms. The molecule has 0 aliphatic carbocycles. The van der Waals surface area contributed by atoms with Crippen molar-refractivity contribution in [3.63, 3.8) is 0 Å². The van der Waals surface area contributed by atoms with Crippen LogP contribution in [0.2, 0.25) is 0 Å². The van der Waals surface area contributed by atoms with Crippen LogP contribution in [0.5, 0.6) is 0 Å². The molecule has 0 rings (SSSR count). The second-order valence-corrected chi connectivity index (χ2v) is 3.46. The molecule has 1 unspecified atom stereocenters. The molecule has 4 nitrogen and oxygen atoms in total. The molecule has 0 amide bonds. The Morgan fingerprint density at radius 2 is 2.00 bits per heavy atom. The first-order chi connectivity index (χ1) is 4.52. The molecule has 0 aromatic rings. The molecule has 0 saturated carbocycles. The van der Waals surface area contributed by atoms with Gasteiger partial charge in [-0.2, -0.15) is 0 Å². The summed E-state index contributed by atoms with van der Waals surface area (Å²) < 4.78 is 35.3. The Bertz CT molecular complexity index is 177. The summed E-state index contributed by atoms with van der Waals surface area (Å²) in [6.45, 7) is 1.79. The normalized spacial score (nSPS) is 13.7. The average Bonchev–Trinajstić information content (AvgIpc) is 1.80. The van der Waals surface area contributed by atoms with E-state index in [1.165, 1.54) is 7.11 Å². The largest absolute Gasteiger partial charge is 1.00 e. The summed E-state index contributed by atoms with van der Waals surface area (Å²) in [5, 5.41) is 0. The molecule has 0 aliphatic heterocycles. The van der Waals surface area contributed by atoms with Gasteiger partial charge in [-0.1, -0.05) is 13.3 Å². The Morgan fingerprint density at radius 1 is 1.55 bits per heavy atom. The Kier molecular flexibility index (Phi) is 8.37. The van der Waals surface area contributed by atoms with Crippen LogP contribution < -0.4 is 29.6 Å². The molecule has 0 saturated heterocycles. The van der Waals surface area contributed by atoms with E-state index < -0.39 is 15.6 Å². The van der Waals surface area contributed by atoms with E-state index in [1.807, 2.05) is 0 Å². The third kappa shape index (κ3) is 6.07. The van der Waals surface area contributed by atoms with Crippen LogP contribution in [0.1, 0.15) is 19.8 Å². The van der Waals surface area contributed by atoms with Crippen LogP contribution in [0.15, 0.2) is 0 Å². The zero-order valence-electron chi connectivity index (χ0n) is 7.03. The van der Waals surface area contributed by atoms with Crippen molar-refractivity contribution >= 4 is 10.1 Å². The molecule has 0 aromatic carbocycles. The zero-order valence-corrected chi connectivity index (χ0v) is 9.85. The SMILES string of the molecule is CCCC(OC)S(=O)(=O)[O-].[Na+]. The first kappa shape index (κ1) is 14.4. The van der Waals surface area contributed by atoms with Gasteiger partial charge in [-0.3, -0.25) is 0 Å². The van der Waals surface area contributed by atoms with Gasteiger partial charge >= 0.3 is 29.6 Å². The van der Waals surface area contributed by atoms with Crippen LogP contribution in [-0.2, 0) is 14.9 Å². The predicted octanol–water partition coefficient (Wildman–Crippen LogP) is -2.69. The molecule has 0 N–H and O–H groups in total. The second kappa shape index (κ2) is 6.39. The molecule has 62 valence electrons. The van der Waals surface area contributed by atoms with E-state index in [1.54, 1.807) is 6.92 Å². The fourth-order valence-electron chi connectivity index (χ4n) is 0.616. The second-order valence-electron chi connectivity index (χ2n) is 1.95. The van der Waals surface area contributed by atoms with Crippen molar-refractivity contribution in [1.82, 2.24) is 0 Å². The standard InChI is InChI=1S/C5H12O4S.Na/c1-3-4-5(9-2)10(6,7)8;/h5H,3-4H2,1-2H3,(H,6,7,8);/q;+1/p-1. The van der Waals surface area contributed by atoms with Crippen LogP contribution >= 0.6 is 0 Å². The van der Waals surface area contributed by atoms with Crippen molar-refractivity contribution < 1.29 is 47.3 Å². The first-order valence-corrected chi connectivity index (χ1v) is 4.47. The van der Waals surface area contributed by atoms with Gasteiger partial charge in [0.15, 0.2) is 0 Å². The molecule has 0 radical (unpaired) electrons. The number of ether oxygens (including phenoxy) is 1. The summed E-state index contributed by atoms with van der Waals surface area (Å²) >= 11 is 0. The fourth-order valence-corrected chi connectivity index (χ4v) is 1.38. The van der Waals surface area contributed by atoms with Gasteiger partial charge in [0.05, 0.1) is 0 Å². The van der Waals surface area contributed by atoms with Crippen LogP contribution in [0.4, 0.5) is 0 Å². The molecule has 0 heterocycles. The minimum Gasteiger partial charge on any atom is -0.746 e. The van der Waals surface area contributed by atoms with Crippen LogP contribution in [0, 0.1) is 0 Å². The van der Waals surface area contributed by atoms with Crippen molar-refractivity contribution in [2.24, 2.45) is 0 Å². The third-order valence-electron chi connectivity index (χ3n) is 1.11. The summed E-state index contributed by atoms with van der Waals surface area (Å²) in [4.78, 5) is 0. The Balaban J connectivity index is 0. The van der Waals surface area contributed by atoms with Gasteiger partial charge in [0, 0.05) is 7.11 Å². The van der Waals surface area contributed by atoms with E-state index in [9.17, 15) is 13.0 Å². The summed E-state index contributed by atoms with van der Waals surface area (Å²) in [5.74, 6) is 0. The summed E-state index contributed by atoms with van der Waals surface area (Å²) in [6, 6.07) is 0. The Morgan fingerprint density at radius 3 is 2.09 bits per heavy atom. The molecular formula is C5H11NaO4S. The van der Waals surface area contributed by atoms with Gasteiger partial charge in [-0.25, -0.2) is 8.42 Å². The quantitative estimate of drug-likeness (QED) is 0.357. The molecule has 0 aromatic heterocycles. The maximum absolute atomic E-state index is 10.3. The number of methoxy groups -OCH3 is 1. The topological polar surface area (TPSA) is 66.4 Å². The monoisotopic (exact) mass is 190 g/mol. The molecular weight excluding hydrogens is 179 g/mol. The number of rotatable bonds is 4. The van der Waals surface area contributed by atoms with Gasteiger partial charge in [-0.05, 0) is 6.42 Å². The van der Waals surface area contributed by atoms with Gasteiger partial charge < -0.3 is 9.29 Å². The summed E-state index contributed by atoms with van der Waals surface area (Å²) in [5.41, 5.74) is -1.17. The Hall–Kier alpha value is 0.870. The zero-order chi connectivity index (χ0) is 8.20. The van der Waals surface area contributed by atoms with Crippen LogP contribution in [-0.4, -0.2) is 25.5 Å². The minimum atomic E-state index is -4.25. The van der Waals surface area contributed by atoms with Crippen LogP contribution in [0.25, 0.3) is 0 Å². The van der Waals surface area contributed by atoms with Gasteiger partial charge in [-0.15, -0.1) is 0 Å². The third-order valence-corrected chi connectivity index (χ3v) is 2.18. The number of hydrogen-bond donors (Lipinski definition) is 0. The average molecular weight is 190 g/mol. The smallest absolute Gasteiger partial charge is 0.746 e. The maximum atomic E-state index is 10.3. The van der Waals surface area contributed by atoms with Crippen molar-refractivity contribution in [2.45, 2.75) is 25.2 Å². The molecule has 0 aliphatic rings. The van der Waals surface area contributed by atoms with Gasteiger partial charge in [0.25, 0.3) is 0 Å². The molecule has 0 bridgehead atoms. The van der Waals surface area contributed by atoms with Crippen molar-refractivity contribution in [1.29, 1.82) is 0 Å². The summed E-state index contributed by atoms with van der Waals surface area (Å²) in [6.07, 6.45) is 0.891. The van der Waals surface area contributed by atoms with E-state index in [-0.39, 0.29) is 36.0 Å². The van der Waals surface area contributed by atoms with E-state index in [4.69, 9.17) is 0 Å².